The first-order valence-electron chi connectivity index (χ1n) is 5.26. The summed E-state index contributed by atoms with van der Waals surface area (Å²) in [5, 5.41) is 2.83. The Bertz CT molecular complexity index is 459. The van der Waals surface area contributed by atoms with Crippen LogP contribution in [0.3, 0.4) is 0 Å². The van der Waals surface area contributed by atoms with E-state index in [0.717, 1.165) is 10.7 Å². The zero-order valence-corrected chi connectivity index (χ0v) is 12.6. The highest BCUT2D eigenvalue weighted by molar-refractivity contribution is 7.89. The third-order valence-corrected chi connectivity index (χ3v) is 5.70. The monoisotopic (exact) mass is 296 g/mol. The Morgan fingerprint density at radius 1 is 1.59 bits per heavy atom. The van der Waals surface area contributed by atoms with Gasteiger partial charge in [-0.25, -0.2) is 13.4 Å². The van der Waals surface area contributed by atoms with Crippen LogP contribution >= 0.6 is 22.9 Å². The molecule has 0 aliphatic rings. The van der Waals surface area contributed by atoms with E-state index < -0.39 is 10.0 Å². The molecule has 1 aromatic rings. The predicted molar refractivity (Wildman–Crippen MR) is 72.0 cm³/mol. The Kier molecular flexibility index (Phi) is 5.37. The lowest BCUT2D eigenvalue weighted by molar-refractivity contribution is 0.456. The molecule has 0 aliphatic carbocycles. The van der Waals surface area contributed by atoms with Gasteiger partial charge in [0.05, 0.1) is 23.0 Å². The van der Waals surface area contributed by atoms with Crippen LogP contribution in [0.15, 0.2) is 5.38 Å². The molecule has 0 saturated heterocycles. The van der Waals surface area contributed by atoms with E-state index in [-0.39, 0.29) is 11.7 Å². The van der Waals surface area contributed by atoms with Crippen LogP contribution in [0.25, 0.3) is 0 Å². The normalized spacial score (nSPS) is 14.2. The maximum atomic E-state index is 12.0. The van der Waals surface area contributed by atoms with Crippen LogP contribution in [0, 0.1) is 12.8 Å². The summed E-state index contributed by atoms with van der Waals surface area (Å²) >= 11 is 7.15. The Balaban J connectivity index is 2.66. The molecule has 0 aromatic carbocycles. The van der Waals surface area contributed by atoms with Crippen molar-refractivity contribution >= 4 is 33.0 Å². The van der Waals surface area contributed by atoms with Gasteiger partial charge in [-0.15, -0.1) is 22.9 Å². The number of alkyl halides is 1. The fourth-order valence-electron chi connectivity index (χ4n) is 1.34. The summed E-state index contributed by atoms with van der Waals surface area (Å²) in [5.74, 6) is 0.389. The Morgan fingerprint density at radius 2 is 2.24 bits per heavy atom. The molecule has 1 atom stereocenters. The number of nitrogens with zero attached hydrogens (tertiary/aromatic N) is 2. The molecule has 7 heteroatoms. The molecule has 1 aromatic heterocycles. The van der Waals surface area contributed by atoms with Crippen LogP contribution in [-0.4, -0.2) is 36.4 Å². The Hall–Kier alpha value is -0.170. The molecule has 98 valence electrons. The first-order chi connectivity index (χ1) is 7.85. The molecule has 1 rings (SSSR count). The van der Waals surface area contributed by atoms with E-state index in [0.29, 0.717) is 12.4 Å². The summed E-state index contributed by atoms with van der Waals surface area (Å²) in [4.78, 5) is 4.25. The van der Waals surface area contributed by atoms with Crippen molar-refractivity contribution in [3.05, 3.63) is 16.1 Å². The van der Waals surface area contributed by atoms with Crippen LogP contribution in [0.2, 0.25) is 0 Å². The zero-order valence-electron chi connectivity index (χ0n) is 10.2. The van der Waals surface area contributed by atoms with Gasteiger partial charge in [0.2, 0.25) is 10.0 Å². The van der Waals surface area contributed by atoms with Gasteiger partial charge in [-0.1, -0.05) is 6.92 Å². The molecule has 17 heavy (non-hydrogen) atoms. The molecule has 0 fully saturated rings. The van der Waals surface area contributed by atoms with Crippen LogP contribution in [0.1, 0.15) is 17.6 Å². The van der Waals surface area contributed by atoms with Gasteiger partial charge in [0, 0.05) is 18.3 Å². The van der Waals surface area contributed by atoms with Crippen molar-refractivity contribution in [2.45, 2.75) is 20.4 Å². The third kappa shape index (κ3) is 4.54. The number of thiazole rings is 1. The van der Waals surface area contributed by atoms with Gasteiger partial charge < -0.3 is 0 Å². The molecule has 1 unspecified atom stereocenters. The van der Waals surface area contributed by atoms with E-state index in [2.05, 4.69) is 4.98 Å². The molecule has 4 nitrogen and oxygen atoms in total. The number of halogens is 1. The number of sulfonamides is 1. The van der Waals surface area contributed by atoms with E-state index in [4.69, 9.17) is 11.6 Å². The maximum absolute atomic E-state index is 12.0. The fourth-order valence-corrected chi connectivity index (χ4v) is 3.60. The number of hydrogen-bond acceptors (Lipinski definition) is 4. The number of hydrogen-bond donors (Lipinski definition) is 0. The van der Waals surface area contributed by atoms with E-state index in [1.54, 1.807) is 7.05 Å². The van der Waals surface area contributed by atoms with Crippen molar-refractivity contribution in [2.75, 3.05) is 18.7 Å². The Labute approximate surface area is 112 Å². The van der Waals surface area contributed by atoms with Gasteiger partial charge in [0.25, 0.3) is 0 Å². The van der Waals surface area contributed by atoms with Gasteiger partial charge in [-0.2, -0.15) is 4.31 Å². The summed E-state index contributed by atoms with van der Waals surface area (Å²) in [6.45, 7) is 4.05. The lowest BCUT2D eigenvalue weighted by Crippen LogP contribution is -2.31. The van der Waals surface area contributed by atoms with E-state index in [9.17, 15) is 8.42 Å². The number of aryl methyl sites for hydroxylation is 1. The van der Waals surface area contributed by atoms with Crippen molar-refractivity contribution in [2.24, 2.45) is 5.92 Å². The van der Waals surface area contributed by atoms with Gasteiger partial charge in [0.15, 0.2) is 0 Å². The summed E-state index contributed by atoms with van der Waals surface area (Å²) in [5.41, 5.74) is 0.789. The average Bonchev–Trinajstić information content (AvgIpc) is 2.63. The van der Waals surface area contributed by atoms with Crippen molar-refractivity contribution in [3.8, 4) is 0 Å². The first kappa shape index (κ1) is 14.9. The van der Waals surface area contributed by atoms with Gasteiger partial charge in [0.1, 0.15) is 0 Å². The van der Waals surface area contributed by atoms with Gasteiger partial charge in [-0.05, 0) is 12.8 Å². The molecule has 0 aliphatic heterocycles. The quantitative estimate of drug-likeness (QED) is 0.755. The lowest BCUT2D eigenvalue weighted by atomic mass is 10.3. The van der Waals surface area contributed by atoms with Crippen molar-refractivity contribution < 1.29 is 8.42 Å². The molecule has 0 bridgehead atoms. The SMILES string of the molecule is Cc1nc(CN(C)S(=O)(=O)CC(C)CCl)cs1. The molecule has 0 radical (unpaired) electrons. The predicted octanol–water partition coefficient (Wildman–Crippen LogP) is 2.09. The summed E-state index contributed by atoms with van der Waals surface area (Å²) in [6.07, 6.45) is 0. The smallest absolute Gasteiger partial charge is 0.214 e. The molecule has 0 amide bonds. The minimum atomic E-state index is -3.25. The average molecular weight is 297 g/mol. The standard InChI is InChI=1S/C10H17ClN2O2S2/c1-8(4-11)7-17(14,15)13(3)5-10-6-16-9(2)12-10/h6,8H,4-5,7H2,1-3H3. The second kappa shape index (κ2) is 6.13. The maximum Gasteiger partial charge on any atom is 0.214 e. The molecule has 0 spiro atoms. The van der Waals surface area contributed by atoms with E-state index in [1.807, 2.05) is 19.2 Å². The van der Waals surface area contributed by atoms with Crippen LogP contribution < -0.4 is 0 Å². The molecule has 0 saturated carbocycles. The summed E-state index contributed by atoms with van der Waals surface area (Å²) in [7, 11) is -1.67. The van der Waals surface area contributed by atoms with Crippen molar-refractivity contribution in [3.63, 3.8) is 0 Å². The van der Waals surface area contributed by atoms with E-state index >= 15 is 0 Å². The van der Waals surface area contributed by atoms with Crippen molar-refractivity contribution in [1.29, 1.82) is 0 Å². The summed E-state index contributed by atoms with van der Waals surface area (Å²) < 4.78 is 25.2. The van der Waals surface area contributed by atoms with Crippen LogP contribution in [0.5, 0.6) is 0 Å². The summed E-state index contributed by atoms with van der Waals surface area (Å²) in [6, 6.07) is 0. The highest BCUT2D eigenvalue weighted by Gasteiger charge is 2.21. The minimum absolute atomic E-state index is 0.0405. The number of aromatic nitrogens is 1. The highest BCUT2D eigenvalue weighted by Crippen LogP contribution is 2.13. The topological polar surface area (TPSA) is 50.3 Å². The zero-order chi connectivity index (χ0) is 13.1. The molecular weight excluding hydrogens is 280 g/mol. The second-order valence-electron chi connectivity index (χ2n) is 4.15. The first-order valence-corrected chi connectivity index (χ1v) is 8.28. The largest absolute Gasteiger partial charge is 0.245 e. The fraction of sp³-hybridized carbons (Fsp3) is 0.700. The molecular formula is C10H17ClN2O2S2. The lowest BCUT2D eigenvalue weighted by Gasteiger charge is -2.18. The minimum Gasteiger partial charge on any atom is -0.245 e. The second-order valence-corrected chi connectivity index (χ2v) is 7.64. The Morgan fingerprint density at radius 3 is 2.71 bits per heavy atom. The van der Waals surface area contributed by atoms with Crippen molar-refractivity contribution in [1.82, 2.24) is 9.29 Å². The van der Waals surface area contributed by atoms with E-state index in [1.165, 1.54) is 15.6 Å². The van der Waals surface area contributed by atoms with Gasteiger partial charge in [-0.3, -0.25) is 0 Å². The molecule has 1 heterocycles. The van der Waals surface area contributed by atoms with Crippen LogP contribution in [0.4, 0.5) is 0 Å². The third-order valence-electron chi connectivity index (χ3n) is 2.28. The van der Waals surface area contributed by atoms with Crippen LogP contribution in [-0.2, 0) is 16.6 Å². The highest BCUT2D eigenvalue weighted by atomic mass is 35.5. The number of rotatable bonds is 6. The molecule has 0 N–H and O–H groups in total. The van der Waals surface area contributed by atoms with Gasteiger partial charge >= 0.3 is 0 Å².